The summed E-state index contributed by atoms with van der Waals surface area (Å²) in [5, 5.41) is 14.7. The molecule has 0 aliphatic carbocycles. The van der Waals surface area contributed by atoms with Crippen LogP contribution in [0.2, 0.25) is 0 Å². The molecule has 152 valence electrons. The van der Waals surface area contributed by atoms with Crippen molar-refractivity contribution in [1.29, 1.82) is 0 Å². The number of halogens is 1. The lowest BCUT2D eigenvalue weighted by atomic mass is 9.99. The first kappa shape index (κ1) is 23.5. The Morgan fingerprint density at radius 3 is 2.22 bits per heavy atom. The van der Waals surface area contributed by atoms with Crippen LogP contribution < -0.4 is 10.6 Å². The molecule has 2 rings (SSSR count). The monoisotopic (exact) mass is 489 g/mol. The van der Waals surface area contributed by atoms with Gasteiger partial charge in [-0.25, -0.2) is 4.99 Å². The van der Waals surface area contributed by atoms with E-state index >= 15 is 0 Å². The molecule has 2 aromatic rings. The minimum atomic E-state index is 0. The molecular formula is C19H32IN5O2. The molecule has 0 amide bonds. The Labute approximate surface area is 178 Å². The molecule has 27 heavy (non-hydrogen) atoms. The van der Waals surface area contributed by atoms with E-state index in [1.54, 1.807) is 0 Å². The van der Waals surface area contributed by atoms with Gasteiger partial charge in [-0.2, -0.15) is 0 Å². The van der Waals surface area contributed by atoms with Crippen molar-refractivity contribution < 1.29 is 9.05 Å². The summed E-state index contributed by atoms with van der Waals surface area (Å²) in [6, 6.07) is 3.98. The number of aromatic nitrogens is 2. The van der Waals surface area contributed by atoms with Crippen LogP contribution in [0.25, 0.3) is 0 Å². The number of nitrogens with zero attached hydrogens (tertiary/aromatic N) is 3. The summed E-state index contributed by atoms with van der Waals surface area (Å²) < 4.78 is 10.8. The van der Waals surface area contributed by atoms with Crippen molar-refractivity contribution in [3.63, 3.8) is 0 Å². The summed E-state index contributed by atoms with van der Waals surface area (Å²) in [5.41, 5.74) is 1.97. The number of rotatable bonds is 9. The summed E-state index contributed by atoms with van der Waals surface area (Å²) in [7, 11) is 0. The minimum Gasteiger partial charge on any atom is -0.359 e. The molecule has 0 aliphatic heterocycles. The molecule has 8 heteroatoms. The van der Waals surface area contributed by atoms with Gasteiger partial charge in [0.05, 0.1) is 17.9 Å². The highest BCUT2D eigenvalue weighted by Gasteiger charge is 2.13. The Bertz CT molecular complexity index is 692. The van der Waals surface area contributed by atoms with Crippen molar-refractivity contribution >= 4 is 29.9 Å². The first-order valence-corrected chi connectivity index (χ1v) is 9.50. The van der Waals surface area contributed by atoms with Gasteiger partial charge in [-0.05, 0) is 25.7 Å². The minimum absolute atomic E-state index is 0. The molecule has 0 radical (unpaired) electrons. The molecule has 0 bridgehead atoms. The van der Waals surface area contributed by atoms with Crippen molar-refractivity contribution in [2.75, 3.05) is 6.54 Å². The second kappa shape index (κ2) is 12.0. The molecule has 0 saturated carbocycles. The predicted molar refractivity (Wildman–Crippen MR) is 117 cm³/mol. The van der Waals surface area contributed by atoms with Crippen LogP contribution in [-0.4, -0.2) is 22.8 Å². The summed E-state index contributed by atoms with van der Waals surface area (Å²) in [4.78, 5) is 4.54. The lowest BCUT2D eigenvalue weighted by Crippen LogP contribution is -2.36. The maximum Gasteiger partial charge on any atom is 0.192 e. The largest absolute Gasteiger partial charge is 0.359 e. The zero-order valence-corrected chi connectivity index (χ0v) is 19.2. The predicted octanol–water partition coefficient (Wildman–Crippen LogP) is 4.56. The maximum absolute atomic E-state index is 5.45. The van der Waals surface area contributed by atoms with Gasteiger partial charge in [0.15, 0.2) is 17.5 Å². The van der Waals surface area contributed by atoms with Crippen molar-refractivity contribution in [1.82, 2.24) is 20.9 Å². The van der Waals surface area contributed by atoms with Crippen LogP contribution in [0.15, 0.2) is 26.2 Å². The van der Waals surface area contributed by atoms with Gasteiger partial charge in [0, 0.05) is 24.6 Å². The third-order valence-corrected chi connectivity index (χ3v) is 4.32. The standard InChI is InChI=1S/C19H31N5O2.HI/c1-6-14(7-2)18-10-16(26-24-18)12-22-19(20-8-3)21-11-15-9-17(13(4)5)23-25-15;/h9-10,13-14H,6-8,11-12H2,1-5H3,(H2,20,21,22);1H. The van der Waals surface area contributed by atoms with E-state index in [4.69, 9.17) is 9.05 Å². The van der Waals surface area contributed by atoms with E-state index < -0.39 is 0 Å². The van der Waals surface area contributed by atoms with Gasteiger partial charge in [-0.3, -0.25) is 0 Å². The van der Waals surface area contributed by atoms with Crippen LogP contribution in [0, 0.1) is 0 Å². The van der Waals surface area contributed by atoms with E-state index in [0.29, 0.717) is 30.9 Å². The number of nitrogens with one attached hydrogen (secondary N) is 2. The summed E-state index contributed by atoms with van der Waals surface area (Å²) in [6.07, 6.45) is 2.13. The van der Waals surface area contributed by atoms with E-state index in [0.717, 1.165) is 42.3 Å². The number of guanidine groups is 1. The van der Waals surface area contributed by atoms with Crippen molar-refractivity contribution in [2.45, 2.75) is 72.4 Å². The molecule has 0 unspecified atom stereocenters. The molecule has 0 aliphatic rings. The van der Waals surface area contributed by atoms with E-state index in [9.17, 15) is 0 Å². The van der Waals surface area contributed by atoms with E-state index in [-0.39, 0.29) is 24.0 Å². The van der Waals surface area contributed by atoms with Crippen molar-refractivity contribution in [3.05, 3.63) is 35.0 Å². The highest BCUT2D eigenvalue weighted by molar-refractivity contribution is 14.0. The average Bonchev–Trinajstić information content (AvgIpc) is 3.28. The summed E-state index contributed by atoms with van der Waals surface area (Å²) in [6.45, 7) is 12.3. The van der Waals surface area contributed by atoms with Crippen molar-refractivity contribution in [2.24, 2.45) is 4.99 Å². The third kappa shape index (κ3) is 7.15. The maximum atomic E-state index is 5.45. The van der Waals surface area contributed by atoms with Gasteiger partial charge in [0.25, 0.3) is 0 Å². The lowest BCUT2D eigenvalue weighted by molar-refractivity contribution is 0.367. The zero-order valence-electron chi connectivity index (χ0n) is 16.9. The fourth-order valence-electron chi connectivity index (χ4n) is 2.66. The molecular weight excluding hydrogens is 457 g/mol. The highest BCUT2D eigenvalue weighted by Crippen LogP contribution is 2.22. The molecule has 0 spiro atoms. The van der Waals surface area contributed by atoms with Gasteiger partial charge in [0.2, 0.25) is 0 Å². The van der Waals surface area contributed by atoms with Crippen LogP contribution in [0.4, 0.5) is 0 Å². The Morgan fingerprint density at radius 2 is 1.63 bits per heavy atom. The van der Waals surface area contributed by atoms with Crippen LogP contribution >= 0.6 is 24.0 Å². The van der Waals surface area contributed by atoms with Crippen LogP contribution in [0.1, 0.15) is 82.2 Å². The zero-order chi connectivity index (χ0) is 18.9. The van der Waals surface area contributed by atoms with Crippen LogP contribution in [-0.2, 0) is 13.1 Å². The fourth-order valence-corrected chi connectivity index (χ4v) is 2.66. The van der Waals surface area contributed by atoms with E-state index in [2.05, 4.69) is 53.6 Å². The Morgan fingerprint density at radius 1 is 1.00 bits per heavy atom. The molecule has 0 atom stereocenters. The van der Waals surface area contributed by atoms with Gasteiger partial charge in [0.1, 0.15) is 6.54 Å². The summed E-state index contributed by atoms with van der Waals surface area (Å²) in [5.74, 6) is 3.06. The second-order valence-corrected chi connectivity index (χ2v) is 6.65. The smallest absolute Gasteiger partial charge is 0.192 e. The second-order valence-electron chi connectivity index (χ2n) is 6.65. The molecule has 0 aromatic carbocycles. The highest BCUT2D eigenvalue weighted by atomic mass is 127. The van der Waals surface area contributed by atoms with Gasteiger partial charge < -0.3 is 19.7 Å². The normalized spacial score (nSPS) is 11.7. The molecule has 2 N–H and O–H groups in total. The van der Waals surface area contributed by atoms with Crippen LogP contribution in [0.5, 0.6) is 0 Å². The number of aliphatic imine (C=N–C) groups is 1. The van der Waals surface area contributed by atoms with Crippen LogP contribution in [0.3, 0.4) is 0 Å². The molecule has 7 nitrogen and oxygen atoms in total. The lowest BCUT2D eigenvalue weighted by Gasteiger charge is -2.09. The van der Waals surface area contributed by atoms with E-state index in [1.807, 2.05) is 19.1 Å². The Hall–Kier alpha value is -1.58. The first-order valence-electron chi connectivity index (χ1n) is 9.50. The van der Waals surface area contributed by atoms with Gasteiger partial charge >= 0.3 is 0 Å². The fraction of sp³-hybridized carbons (Fsp3) is 0.632. The average molecular weight is 489 g/mol. The topological polar surface area (TPSA) is 88.5 Å². The number of hydrogen-bond acceptors (Lipinski definition) is 5. The van der Waals surface area contributed by atoms with Gasteiger partial charge in [-0.15, -0.1) is 24.0 Å². The van der Waals surface area contributed by atoms with E-state index in [1.165, 1.54) is 0 Å². The number of hydrogen-bond donors (Lipinski definition) is 2. The SMILES string of the molecule is CCNC(=NCc1cc(C(C)C)no1)NCc1cc(C(CC)CC)no1.I. The summed E-state index contributed by atoms with van der Waals surface area (Å²) >= 11 is 0. The van der Waals surface area contributed by atoms with Crippen molar-refractivity contribution in [3.8, 4) is 0 Å². The Kier molecular flexibility index (Phi) is 10.4. The molecule has 2 aromatic heterocycles. The van der Waals surface area contributed by atoms with Gasteiger partial charge in [-0.1, -0.05) is 38.0 Å². The molecule has 0 fully saturated rings. The first-order chi connectivity index (χ1) is 12.6. The third-order valence-electron chi connectivity index (χ3n) is 4.32. The molecule has 0 saturated heterocycles. The Balaban J connectivity index is 0.00000364. The quantitative estimate of drug-likeness (QED) is 0.305. The molecule has 2 heterocycles.